The molecule has 16 heteroatoms. The second-order valence-electron chi connectivity index (χ2n) is 10.2. The highest BCUT2D eigenvalue weighted by Crippen LogP contribution is 2.26. The van der Waals surface area contributed by atoms with Crippen molar-refractivity contribution in [2.24, 2.45) is 0 Å². The fraction of sp³-hybridized carbons (Fsp3) is 0.310. The summed E-state index contributed by atoms with van der Waals surface area (Å²) in [7, 11) is -1.57. The van der Waals surface area contributed by atoms with Crippen molar-refractivity contribution in [3.63, 3.8) is 0 Å². The van der Waals surface area contributed by atoms with Crippen LogP contribution >= 0.6 is 0 Å². The van der Waals surface area contributed by atoms with E-state index < -0.39 is 22.2 Å². The van der Waals surface area contributed by atoms with Crippen LogP contribution in [0.25, 0.3) is 11.3 Å². The predicted molar refractivity (Wildman–Crippen MR) is 155 cm³/mol. The van der Waals surface area contributed by atoms with Gasteiger partial charge in [0.15, 0.2) is 0 Å². The molecule has 240 valence electrons. The molecule has 1 fully saturated rings. The van der Waals surface area contributed by atoms with Gasteiger partial charge in [-0.2, -0.15) is 17.5 Å². The van der Waals surface area contributed by atoms with Crippen molar-refractivity contribution in [3.8, 4) is 11.3 Å². The van der Waals surface area contributed by atoms with Crippen LogP contribution in [0.15, 0.2) is 76.3 Å². The lowest BCUT2D eigenvalue weighted by molar-refractivity contribution is -0.192. The van der Waals surface area contributed by atoms with Crippen molar-refractivity contribution >= 4 is 27.6 Å². The van der Waals surface area contributed by atoms with Crippen LogP contribution in [0, 0.1) is 12.7 Å². The molecule has 1 saturated heterocycles. The number of benzene rings is 2. The number of rotatable bonds is 8. The first-order valence-corrected chi connectivity index (χ1v) is 15.0. The number of nitrogens with one attached hydrogen (secondary N) is 1. The highest BCUT2D eigenvalue weighted by molar-refractivity contribution is 7.89. The summed E-state index contributed by atoms with van der Waals surface area (Å²) >= 11 is 0. The second-order valence-corrected chi connectivity index (χ2v) is 12.1. The molecule has 2 aromatic heterocycles. The van der Waals surface area contributed by atoms with Crippen molar-refractivity contribution < 1.29 is 40.4 Å². The molecular weight excluding hydrogens is 620 g/mol. The van der Waals surface area contributed by atoms with Crippen LogP contribution in [-0.4, -0.2) is 76.2 Å². The van der Waals surface area contributed by atoms with Crippen molar-refractivity contribution in [2.45, 2.75) is 43.4 Å². The minimum atomic E-state index is -5.08. The number of aryl methyl sites for hydroxylation is 1. The number of carboxylic acid groups (broad SMARTS) is 1. The Hall–Kier alpha value is -4.41. The number of aliphatic carboxylic acids is 1. The standard InChI is InChI=1S/C27H29FN6O3S.C2HF3O2/c1-19-17-23(32-37-19)18-33(2)24-12-15-34(16-13-24)38(35,36)25-9-7-22(8-10-25)30-27-29-14-11-26(31-27)20-3-5-21(28)6-4-20;3-2(4,5)1(6)7/h3-11,14,17,24H,12-13,15-16,18H2,1-2H3,(H,29,30,31);(H,6,7). The maximum atomic E-state index is 13.3. The molecule has 1 aliphatic heterocycles. The molecule has 2 aromatic carbocycles. The zero-order chi connectivity index (χ0) is 32.8. The summed E-state index contributed by atoms with van der Waals surface area (Å²) in [6.45, 7) is 3.45. The highest BCUT2D eigenvalue weighted by Gasteiger charge is 2.38. The van der Waals surface area contributed by atoms with Gasteiger partial charge in [-0.3, -0.25) is 4.90 Å². The van der Waals surface area contributed by atoms with Crippen LogP contribution in [0.2, 0.25) is 0 Å². The molecule has 5 rings (SSSR count). The average molecular weight is 651 g/mol. The van der Waals surface area contributed by atoms with Crippen molar-refractivity contribution in [2.75, 3.05) is 25.5 Å². The Morgan fingerprint density at radius 1 is 1.09 bits per heavy atom. The minimum absolute atomic E-state index is 0.244. The molecule has 0 bridgehead atoms. The molecule has 11 nitrogen and oxygen atoms in total. The third-order valence-corrected chi connectivity index (χ3v) is 8.83. The molecule has 0 spiro atoms. The van der Waals surface area contributed by atoms with E-state index in [-0.39, 0.29) is 16.8 Å². The zero-order valence-corrected chi connectivity index (χ0v) is 25.0. The van der Waals surface area contributed by atoms with Gasteiger partial charge in [0.05, 0.1) is 16.3 Å². The van der Waals surface area contributed by atoms with E-state index in [1.165, 1.54) is 12.1 Å². The molecule has 0 atom stereocenters. The zero-order valence-electron chi connectivity index (χ0n) is 24.2. The molecule has 0 unspecified atom stereocenters. The van der Waals surface area contributed by atoms with E-state index in [1.54, 1.807) is 53.0 Å². The molecule has 1 aliphatic rings. The van der Waals surface area contributed by atoms with Gasteiger partial charge >= 0.3 is 12.1 Å². The first-order chi connectivity index (χ1) is 21.2. The monoisotopic (exact) mass is 650 g/mol. The minimum Gasteiger partial charge on any atom is -0.475 e. The molecule has 4 aromatic rings. The van der Waals surface area contributed by atoms with Gasteiger partial charge in [-0.15, -0.1) is 0 Å². The number of hydrogen-bond donors (Lipinski definition) is 2. The summed E-state index contributed by atoms with van der Waals surface area (Å²) in [4.78, 5) is 20.1. The molecule has 3 heterocycles. The summed E-state index contributed by atoms with van der Waals surface area (Å²) in [5.74, 6) is -1.94. The highest BCUT2D eigenvalue weighted by atomic mass is 32.2. The lowest BCUT2D eigenvalue weighted by Crippen LogP contribution is -2.45. The first-order valence-electron chi connectivity index (χ1n) is 13.6. The largest absolute Gasteiger partial charge is 0.490 e. The SMILES string of the molecule is Cc1cc(CN(C)C2CCN(S(=O)(=O)c3ccc(Nc4nccc(-c5ccc(F)cc5)n4)cc3)CC2)no1.O=C(O)C(F)(F)F. The summed E-state index contributed by atoms with van der Waals surface area (Å²) in [5, 5.41) is 14.3. The van der Waals surface area contributed by atoms with Gasteiger partial charge in [-0.25, -0.2) is 27.6 Å². The smallest absolute Gasteiger partial charge is 0.475 e. The molecule has 0 amide bonds. The summed E-state index contributed by atoms with van der Waals surface area (Å²) in [5.41, 5.74) is 2.94. The number of alkyl halides is 3. The van der Waals surface area contributed by atoms with E-state index in [9.17, 15) is 26.0 Å². The maximum Gasteiger partial charge on any atom is 0.490 e. The van der Waals surface area contributed by atoms with Gasteiger partial charge in [-0.05, 0) is 81.4 Å². The summed E-state index contributed by atoms with van der Waals surface area (Å²) in [6, 6.07) is 16.6. The fourth-order valence-corrected chi connectivity index (χ4v) is 6.06. The van der Waals surface area contributed by atoms with E-state index in [4.69, 9.17) is 14.4 Å². The number of aromatic nitrogens is 3. The van der Waals surface area contributed by atoms with Gasteiger partial charge in [0, 0.05) is 49.2 Å². The Morgan fingerprint density at radius 2 is 1.71 bits per heavy atom. The Morgan fingerprint density at radius 3 is 2.27 bits per heavy atom. The topological polar surface area (TPSA) is 142 Å². The Balaban J connectivity index is 0.000000591. The number of carboxylic acids is 1. The third kappa shape index (κ3) is 9.06. The summed E-state index contributed by atoms with van der Waals surface area (Å²) < 4.78 is 78.2. The molecule has 0 aliphatic carbocycles. The van der Waals surface area contributed by atoms with E-state index >= 15 is 0 Å². The molecule has 45 heavy (non-hydrogen) atoms. The van der Waals surface area contributed by atoms with Gasteiger partial charge in [0.25, 0.3) is 0 Å². The van der Waals surface area contributed by atoms with E-state index in [0.29, 0.717) is 37.0 Å². The van der Waals surface area contributed by atoms with Crippen molar-refractivity contribution in [1.82, 2.24) is 24.3 Å². The number of hydrogen-bond acceptors (Lipinski definition) is 9. The van der Waals surface area contributed by atoms with Crippen molar-refractivity contribution in [3.05, 3.63) is 84.1 Å². The Kier molecular flexibility index (Phi) is 10.5. The average Bonchev–Trinajstić information content (AvgIpc) is 3.42. The van der Waals surface area contributed by atoms with Crippen LogP contribution in [0.3, 0.4) is 0 Å². The number of piperidine rings is 1. The number of sulfonamides is 1. The fourth-order valence-electron chi connectivity index (χ4n) is 4.59. The van der Waals surface area contributed by atoms with Gasteiger partial charge < -0.3 is 14.9 Å². The van der Waals surface area contributed by atoms with Crippen LogP contribution in [0.5, 0.6) is 0 Å². The van der Waals surface area contributed by atoms with Gasteiger partial charge in [0.1, 0.15) is 11.6 Å². The number of halogens is 4. The van der Waals surface area contributed by atoms with E-state index in [0.717, 1.165) is 29.9 Å². The molecule has 0 radical (unpaired) electrons. The molecule has 0 saturated carbocycles. The van der Waals surface area contributed by atoms with Gasteiger partial charge in [0.2, 0.25) is 16.0 Å². The number of anilines is 2. The Bertz CT molecular complexity index is 1690. The predicted octanol–water partition coefficient (Wildman–Crippen LogP) is 5.24. The van der Waals surface area contributed by atoms with Crippen LogP contribution in [0.4, 0.5) is 29.2 Å². The summed E-state index contributed by atoms with van der Waals surface area (Å²) in [6.07, 6.45) is -1.98. The third-order valence-electron chi connectivity index (χ3n) is 6.92. The number of carbonyl (C=O) groups is 1. The van der Waals surface area contributed by atoms with Gasteiger partial charge in [-0.1, -0.05) is 5.16 Å². The molecule has 2 N–H and O–H groups in total. The van der Waals surface area contributed by atoms with Crippen LogP contribution in [0.1, 0.15) is 24.3 Å². The maximum absolute atomic E-state index is 13.3. The number of nitrogens with zero attached hydrogens (tertiary/aromatic N) is 5. The second kappa shape index (κ2) is 14.1. The van der Waals surface area contributed by atoms with E-state index in [2.05, 4.69) is 25.3 Å². The quantitative estimate of drug-likeness (QED) is 0.243. The van der Waals surface area contributed by atoms with Crippen LogP contribution < -0.4 is 5.32 Å². The normalized spacial score (nSPS) is 14.6. The van der Waals surface area contributed by atoms with Crippen molar-refractivity contribution in [1.29, 1.82) is 0 Å². The molecular formula is C29H30F4N6O5S. The Labute approximate surface area is 256 Å². The van der Waals surface area contributed by atoms with E-state index in [1.807, 2.05) is 20.0 Å². The first kappa shape index (κ1) is 33.5. The van der Waals surface area contributed by atoms with Crippen LogP contribution in [-0.2, 0) is 21.4 Å². The lowest BCUT2D eigenvalue weighted by Gasteiger charge is -2.35. The lowest BCUT2D eigenvalue weighted by atomic mass is 10.1.